The van der Waals surface area contributed by atoms with Gasteiger partial charge >= 0.3 is 0 Å². The van der Waals surface area contributed by atoms with Gasteiger partial charge in [-0.15, -0.1) is 0 Å². The third-order valence-electron chi connectivity index (χ3n) is 3.12. The zero-order valence-electron chi connectivity index (χ0n) is 12.4. The average Bonchev–Trinajstić information content (AvgIpc) is 2.65. The number of rotatable bonds is 5. The molecule has 0 spiro atoms. The maximum absolute atomic E-state index is 5.72. The van der Waals surface area contributed by atoms with Gasteiger partial charge in [-0.25, -0.2) is 0 Å². The predicted octanol–water partition coefficient (Wildman–Crippen LogP) is 2.15. The minimum atomic E-state index is 0.580. The Hall–Kier alpha value is -1.75. The Morgan fingerprint density at radius 1 is 1.35 bits per heavy atom. The molecule has 110 valence electrons. The van der Waals surface area contributed by atoms with Crippen molar-refractivity contribution in [1.29, 1.82) is 0 Å². The van der Waals surface area contributed by atoms with Crippen LogP contribution in [0.1, 0.15) is 18.4 Å². The lowest BCUT2D eigenvalue weighted by molar-refractivity contribution is 0.125. The van der Waals surface area contributed by atoms with Crippen LogP contribution in [0.5, 0.6) is 11.5 Å². The lowest BCUT2D eigenvalue weighted by Crippen LogP contribution is -2.17. The van der Waals surface area contributed by atoms with E-state index in [1.165, 1.54) is 0 Å². The molecule has 0 aromatic heterocycles. The molecule has 0 radical (unpaired) electrons. The Labute approximate surface area is 120 Å². The van der Waals surface area contributed by atoms with E-state index in [9.17, 15) is 0 Å². The standard InChI is InChI=1S/C15H22N2O3/c1-17(2)8-10-20-16-14-5-4-9-19-15-7-6-12(18-3)11-13(14)15/h6-7,11H,4-5,8-10H2,1-3H3/b16-14+. The van der Waals surface area contributed by atoms with Crippen LogP contribution >= 0.6 is 0 Å². The highest BCUT2D eigenvalue weighted by Crippen LogP contribution is 2.28. The summed E-state index contributed by atoms with van der Waals surface area (Å²) in [6.45, 7) is 2.13. The molecule has 0 amide bonds. The highest BCUT2D eigenvalue weighted by molar-refractivity contribution is 6.03. The molecule has 2 rings (SSSR count). The van der Waals surface area contributed by atoms with Crippen molar-refractivity contribution in [2.75, 3.05) is 41.0 Å². The minimum absolute atomic E-state index is 0.580. The number of hydrogen-bond donors (Lipinski definition) is 0. The van der Waals surface area contributed by atoms with Crippen molar-refractivity contribution >= 4 is 5.71 Å². The zero-order valence-corrected chi connectivity index (χ0v) is 12.4. The van der Waals surface area contributed by atoms with Crippen LogP contribution in [0.15, 0.2) is 23.4 Å². The molecule has 0 bridgehead atoms. The van der Waals surface area contributed by atoms with Crippen LogP contribution in [0.2, 0.25) is 0 Å². The van der Waals surface area contributed by atoms with E-state index in [1.807, 2.05) is 32.3 Å². The fraction of sp³-hybridized carbons (Fsp3) is 0.533. The first-order valence-corrected chi connectivity index (χ1v) is 6.85. The van der Waals surface area contributed by atoms with E-state index in [4.69, 9.17) is 14.3 Å². The van der Waals surface area contributed by atoms with Gasteiger partial charge in [0.2, 0.25) is 0 Å². The second kappa shape index (κ2) is 7.14. The molecule has 0 atom stereocenters. The highest BCUT2D eigenvalue weighted by Gasteiger charge is 2.16. The van der Waals surface area contributed by atoms with Crippen molar-refractivity contribution in [3.8, 4) is 11.5 Å². The first-order chi connectivity index (χ1) is 9.70. The van der Waals surface area contributed by atoms with E-state index in [1.54, 1.807) is 7.11 Å². The fourth-order valence-corrected chi connectivity index (χ4v) is 1.99. The van der Waals surface area contributed by atoms with Gasteiger partial charge in [-0.2, -0.15) is 0 Å². The van der Waals surface area contributed by atoms with Gasteiger partial charge in [-0.05, 0) is 45.1 Å². The molecular weight excluding hydrogens is 256 g/mol. The number of oxime groups is 1. The highest BCUT2D eigenvalue weighted by atomic mass is 16.6. The zero-order chi connectivity index (χ0) is 14.4. The number of ether oxygens (including phenoxy) is 2. The van der Waals surface area contributed by atoms with E-state index in [-0.39, 0.29) is 0 Å². The largest absolute Gasteiger partial charge is 0.497 e. The molecule has 1 aliphatic rings. The number of methoxy groups -OCH3 is 1. The second-order valence-corrected chi connectivity index (χ2v) is 4.99. The van der Waals surface area contributed by atoms with Crippen molar-refractivity contribution in [2.45, 2.75) is 12.8 Å². The molecule has 1 aromatic rings. The molecule has 1 heterocycles. The van der Waals surface area contributed by atoms with E-state index in [0.29, 0.717) is 13.2 Å². The number of nitrogens with zero attached hydrogens (tertiary/aromatic N) is 2. The molecule has 1 aliphatic heterocycles. The number of benzene rings is 1. The molecule has 5 heteroatoms. The number of hydrogen-bond acceptors (Lipinski definition) is 5. The van der Waals surface area contributed by atoms with Crippen LogP contribution in [0.25, 0.3) is 0 Å². The summed E-state index contributed by atoms with van der Waals surface area (Å²) in [6.07, 6.45) is 1.79. The maximum Gasteiger partial charge on any atom is 0.129 e. The van der Waals surface area contributed by atoms with E-state index >= 15 is 0 Å². The van der Waals surface area contributed by atoms with Crippen molar-refractivity contribution in [1.82, 2.24) is 4.90 Å². The van der Waals surface area contributed by atoms with Gasteiger partial charge in [-0.3, -0.25) is 0 Å². The van der Waals surface area contributed by atoms with Crippen molar-refractivity contribution in [2.24, 2.45) is 5.16 Å². The molecule has 0 aliphatic carbocycles. The van der Waals surface area contributed by atoms with Gasteiger partial charge in [0.05, 0.1) is 19.4 Å². The van der Waals surface area contributed by atoms with Gasteiger partial charge < -0.3 is 19.2 Å². The van der Waals surface area contributed by atoms with Crippen LogP contribution < -0.4 is 9.47 Å². The minimum Gasteiger partial charge on any atom is -0.497 e. The Morgan fingerprint density at radius 2 is 2.20 bits per heavy atom. The lowest BCUT2D eigenvalue weighted by Gasteiger charge is -2.11. The van der Waals surface area contributed by atoms with Crippen LogP contribution in [0.3, 0.4) is 0 Å². The van der Waals surface area contributed by atoms with Gasteiger partial charge in [0.15, 0.2) is 0 Å². The van der Waals surface area contributed by atoms with E-state index in [0.717, 1.165) is 42.2 Å². The molecule has 20 heavy (non-hydrogen) atoms. The summed E-state index contributed by atoms with van der Waals surface area (Å²) in [6, 6.07) is 5.78. The quantitative estimate of drug-likeness (QED) is 0.611. The van der Waals surface area contributed by atoms with Crippen LogP contribution in [0.4, 0.5) is 0 Å². The topological polar surface area (TPSA) is 43.3 Å². The Balaban J connectivity index is 2.15. The summed E-state index contributed by atoms with van der Waals surface area (Å²) in [5.41, 5.74) is 1.89. The van der Waals surface area contributed by atoms with Crippen molar-refractivity contribution in [3.05, 3.63) is 23.8 Å². The summed E-state index contributed by atoms with van der Waals surface area (Å²) in [4.78, 5) is 7.48. The molecule has 0 saturated carbocycles. The van der Waals surface area contributed by atoms with Crippen LogP contribution in [-0.4, -0.2) is 51.6 Å². The fourth-order valence-electron chi connectivity index (χ4n) is 1.99. The monoisotopic (exact) mass is 278 g/mol. The maximum atomic E-state index is 5.72. The van der Waals surface area contributed by atoms with Gasteiger partial charge in [0, 0.05) is 12.1 Å². The molecule has 5 nitrogen and oxygen atoms in total. The smallest absolute Gasteiger partial charge is 0.129 e. The summed E-state index contributed by atoms with van der Waals surface area (Å²) in [5, 5.41) is 4.29. The van der Waals surface area contributed by atoms with Gasteiger partial charge in [0.1, 0.15) is 18.1 Å². The van der Waals surface area contributed by atoms with E-state index < -0.39 is 0 Å². The summed E-state index contributed by atoms with van der Waals surface area (Å²) in [5.74, 6) is 1.65. The average molecular weight is 278 g/mol. The number of likely N-dealkylation sites (N-methyl/N-ethyl adjacent to an activating group) is 1. The number of fused-ring (bicyclic) bond motifs is 1. The first-order valence-electron chi connectivity index (χ1n) is 6.85. The third kappa shape index (κ3) is 3.87. The van der Waals surface area contributed by atoms with E-state index in [2.05, 4.69) is 10.1 Å². The first kappa shape index (κ1) is 14.7. The molecule has 1 aromatic carbocycles. The Morgan fingerprint density at radius 3 is 2.95 bits per heavy atom. The molecule has 0 fully saturated rings. The van der Waals surface area contributed by atoms with Gasteiger partial charge in [0.25, 0.3) is 0 Å². The lowest BCUT2D eigenvalue weighted by atomic mass is 10.1. The summed E-state index contributed by atoms with van der Waals surface area (Å²) >= 11 is 0. The molecule has 0 N–H and O–H groups in total. The molecular formula is C15H22N2O3. The predicted molar refractivity (Wildman–Crippen MR) is 78.8 cm³/mol. The normalized spacial score (nSPS) is 16.5. The summed E-state index contributed by atoms with van der Waals surface area (Å²) in [7, 11) is 5.68. The Bertz CT molecular complexity index is 472. The van der Waals surface area contributed by atoms with Crippen LogP contribution in [-0.2, 0) is 4.84 Å². The summed E-state index contributed by atoms with van der Waals surface area (Å²) < 4.78 is 11.0. The van der Waals surface area contributed by atoms with Gasteiger partial charge in [-0.1, -0.05) is 5.16 Å². The van der Waals surface area contributed by atoms with Crippen LogP contribution in [0, 0.1) is 0 Å². The van der Waals surface area contributed by atoms with Crippen molar-refractivity contribution in [3.63, 3.8) is 0 Å². The third-order valence-corrected chi connectivity index (χ3v) is 3.12. The SMILES string of the molecule is COc1ccc2c(c1)/C(=N/OCCN(C)C)CCCO2. The molecule has 0 saturated heterocycles. The second-order valence-electron chi connectivity index (χ2n) is 4.99. The Kier molecular flexibility index (Phi) is 5.24. The molecule has 0 unspecified atom stereocenters. The van der Waals surface area contributed by atoms with Crippen molar-refractivity contribution < 1.29 is 14.3 Å².